The number of aromatic nitrogens is 1. The van der Waals surface area contributed by atoms with Gasteiger partial charge < -0.3 is 5.32 Å². The molecule has 1 aromatic carbocycles. The second-order valence-corrected chi connectivity index (χ2v) is 6.52. The molecule has 0 spiro atoms. The predicted octanol–water partition coefficient (Wildman–Crippen LogP) is 4.83. The minimum atomic E-state index is 0.849. The molecule has 1 aromatic heterocycles. The van der Waals surface area contributed by atoms with Crippen LogP contribution in [0.25, 0.3) is 10.6 Å². The van der Waals surface area contributed by atoms with E-state index in [9.17, 15) is 0 Å². The van der Waals surface area contributed by atoms with Gasteiger partial charge in [-0.25, -0.2) is 4.98 Å². The van der Waals surface area contributed by atoms with E-state index in [0.717, 1.165) is 44.7 Å². The maximum absolute atomic E-state index is 4.64. The largest absolute Gasteiger partial charge is 0.311 e. The van der Waals surface area contributed by atoms with Crippen LogP contribution in [0.1, 0.15) is 19.0 Å². The maximum Gasteiger partial charge on any atom is 0.123 e. The quantitative estimate of drug-likeness (QED) is 0.740. The number of rotatable bonds is 5. The zero-order valence-corrected chi connectivity index (χ0v) is 14.0. The molecule has 1 heterocycles. The molecule has 0 amide bonds. The van der Waals surface area contributed by atoms with Crippen molar-refractivity contribution in [1.82, 2.24) is 10.3 Å². The Morgan fingerprint density at radius 2 is 2.11 bits per heavy atom. The summed E-state index contributed by atoms with van der Waals surface area (Å²) in [6.07, 6.45) is 1.15. The summed E-state index contributed by atoms with van der Waals surface area (Å²) in [7, 11) is 0. The van der Waals surface area contributed by atoms with Crippen molar-refractivity contribution in [2.45, 2.75) is 19.9 Å². The molecule has 0 saturated carbocycles. The Balaban J connectivity index is 2.11. The van der Waals surface area contributed by atoms with E-state index in [4.69, 9.17) is 0 Å². The highest BCUT2D eigenvalue weighted by Crippen LogP contribution is 2.30. The molecule has 0 saturated heterocycles. The van der Waals surface area contributed by atoms with Gasteiger partial charge in [0, 0.05) is 26.4 Å². The summed E-state index contributed by atoms with van der Waals surface area (Å²) in [5, 5.41) is 6.55. The molecular formula is C13H14Br2N2S. The monoisotopic (exact) mass is 388 g/mol. The van der Waals surface area contributed by atoms with Gasteiger partial charge in [0.2, 0.25) is 0 Å². The molecule has 0 radical (unpaired) electrons. The van der Waals surface area contributed by atoms with Crippen molar-refractivity contribution in [2.24, 2.45) is 0 Å². The number of nitrogens with zero attached hydrogens (tertiary/aromatic N) is 1. The van der Waals surface area contributed by atoms with Crippen LogP contribution < -0.4 is 5.32 Å². The lowest BCUT2D eigenvalue weighted by atomic mass is 10.2. The first-order chi connectivity index (χ1) is 8.70. The van der Waals surface area contributed by atoms with Gasteiger partial charge in [0.25, 0.3) is 0 Å². The smallest absolute Gasteiger partial charge is 0.123 e. The molecule has 0 aliphatic rings. The van der Waals surface area contributed by atoms with Crippen molar-refractivity contribution in [3.8, 4) is 10.6 Å². The molecule has 1 N–H and O–H groups in total. The lowest BCUT2D eigenvalue weighted by Gasteiger charge is -2.00. The Morgan fingerprint density at radius 1 is 1.28 bits per heavy atom. The summed E-state index contributed by atoms with van der Waals surface area (Å²) < 4.78 is 2.12. The average molecular weight is 390 g/mol. The topological polar surface area (TPSA) is 24.9 Å². The zero-order chi connectivity index (χ0) is 13.0. The normalized spacial score (nSPS) is 10.8. The summed E-state index contributed by atoms with van der Waals surface area (Å²) in [6.45, 7) is 4.05. The molecule has 2 aromatic rings. The molecule has 96 valence electrons. The molecular weight excluding hydrogens is 376 g/mol. The van der Waals surface area contributed by atoms with Crippen LogP contribution in [0.15, 0.2) is 32.5 Å². The van der Waals surface area contributed by atoms with Crippen LogP contribution in [0, 0.1) is 0 Å². The van der Waals surface area contributed by atoms with Crippen LogP contribution in [0.4, 0.5) is 0 Å². The Hall–Kier alpha value is -0.230. The first kappa shape index (κ1) is 14.2. The van der Waals surface area contributed by atoms with Crippen LogP contribution in [-0.2, 0) is 6.54 Å². The fraction of sp³-hybridized carbons (Fsp3) is 0.308. The van der Waals surface area contributed by atoms with E-state index in [0.29, 0.717) is 0 Å². The van der Waals surface area contributed by atoms with E-state index in [1.165, 1.54) is 0 Å². The molecule has 18 heavy (non-hydrogen) atoms. The van der Waals surface area contributed by atoms with Crippen molar-refractivity contribution in [1.29, 1.82) is 0 Å². The van der Waals surface area contributed by atoms with Gasteiger partial charge >= 0.3 is 0 Å². The van der Waals surface area contributed by atoms with E-state index in [-0.39, 0.29) is 0 Å². The number of hydrogen-bond acceptors (Lipinski definition) is 3. The fourth-order valence-electron chi connectivity index (χ4n) is 1.54. The fourth-order valence-corrected chi connectivity index (χ4v) is 2.99. The molecule has 0 fully saturated rings. The number of hydrogen-bond donors (Lipinski definition) is 1. The van der Waals surface area contributed by atoms with Gasteiger partial charge in [-0.15, -0.1) is 11.3 Å². The molecule has 0 bridgehead atoms. The Morgan fingerprint density at radius 3 is 2.83 bits per heavy atom. The van der Waals surface area contributed by atoms with E-state index in [1.807, 2.05) is 6.07 Å². The third-order valence-electron chi connectivity index (χ3n) is 2.45. The number of halogens is 2. The standard InChI is InChI=1S/C13H14Br2N2S/c1-2-5-16-7-10-8-18-13(17-10)9-3-4-11(14)12(15)6-9/h3-4,6,8,16H,2,5,7H2,1H3. The van der Waals surface area contributed by atoms with E-state index in [1.54, 1.807) is 11.3 Å². The third kappa shape index (κ3) is 3.63. The predicted molar refractivity (Wildman–Crippen MR) is 84.9 cm³/mol. The first-order valence-corrected chi connectivity index (χ1v) is 8.28. The molecule has 2 rings (SSSR count). The summed E-state index contributed by atoms with van der Waals surface area (Å²) >= 11 is 8.68. The van der Waals surface area contributed by atoms with Gasteiger partial charge in [0.05, 0.1) is 5.69 Å². The summed E-state index contributed by atoms with van der Waals surface area (Å²) in [4.78, 5) is 4.64. The highest BCUT2D eigenvalue weighted by molar-refractivity contribution is 9.13. The number of benzene rings is 1. The highest BCUT2D eigenvalue weighted by atomic mass is 79.9. The minimum absolute atomic E-state index is 0.849. The molecule has 0 atom stereocenters. The SMILES string of the molecule is CCCNCc1csc(-c2ccc(Br)c(Br)c2)n1. The summed E-state index contributed by atoms with van der Waals surface area (Å²) in [5.41, 5.74) is 2.26. The Bertz CT molecular complexity index is 525. The van der Waals surface area contributed by atoms with E-state index in [2.05, 4.69) is 66.6 Å². The van der Waals surface area contributed by atoms with Crippen LogP contribution >= 0.6 is 43.2 Å². The van der Waals surface area contributed by atoms with Gasteiger partial charge in [-0.3, -0.25) is 0 Å². The molecule has 5 heteroatoms. The first-order valence-electron chi connectivity index (χ1n) is 5.81. The number of nitrogens with one attached hydrogen (secondary N) is 1. The van der Waals surface area contributed by atoms with Crippen molar-refractivity contribution in [3.63, 3.8) is 0 Å². The minimum Gasteiger partial charge on any atom is -0.311 e. The van der Waals surface area contributed by atoms with Crippen LogP contribution in [0.2, 0.25) is 0 Å². The van der Waals surface area contributed by atoms with Gasteiger partial charge in [-0.2, -0.15) is 0 Å². The van der Waals surface area contributed by atoms with Crippen molar-refractivity contribution in [2.75, 3.05) is 6.54 Å². The Kier molecular flexibility index (Phi) is 5.36. The van der Waals surface area contributed by atoms with Gasteiger partial charge in [0.15, 0.2) is 0 Å². The van der Waals surface area contributed by atoms with Gasteiger partial charge in [0.1, 0.15) is 5.01 Å². The van der Waals surface area contributed by atoms with Gasteiger partial charge in [-0.1, -0.05) is 13.0 Å². The van der Waals surface area contributed by atoms with Gasteiger partial charge in [-0.05, 0) is 57.0 Å². The van der Waals surface area contributed by atoms with Crippen molar-refractivity contribution in [3.05, 3.63) is 38.2 Å². The second kappa shape index (κ2) is 6.80. The lowest BCUT2D eigenvalue weighted by Crippen LogP contribution is -2.13. The molecule has 0 aliphatic heterocycles. The van der Waals surface area contributed by atoms with E-state index >= 15 is 0 Å². The maximum atomic E-state index is 4.64. The molecule has 0 unspecified atom stereocenters. The number of thiazole rings is 1. The van der Waals surface area contributed by atoms with E-state index < -0.39 is 0 Å². The zero-order valence-electron chi connectivity index (χ0n) is 10.0. The second-order valence-electron chi connectivity index (χ2n) is 3.95. The summed E-state index contributed by atoms with van der Waals surface area (Å²) in [5.74, 6) is 0. The van der Waals surface area contributed by atoms with Crippen molar-refractivity contribution < 1.29 is 0 Å². The van der Waals surface area contributed by atoms with Crippen LogP contribution in [0.3, 0.4) is 0 Å². The summed E-state index contributed by atoms with van der Waals surface area (Å²) in [6, 6.07) is 6.21. The van der Waals surface area contributed by atoms with Crippen molar-refractivity contribution >= 4 is 43.2 Å². The highest BCUT2D eigenvalue weighted by Gasteiger charge is 2.06. The Labute approximate surface area is 128 Å². The molecule has 0 aliphatic carbocycles. The third-order valence-corrected chi connectivity index (χ3v) is 5.27. The van der Waals surface area contributed by atoms with Crippen LogP contribution in [-0.4, -0.2) is 11.5 Å². The average Bonchev–Trinajstić information content (AvgIpc) is 2.82. The molecule has 2 nitrogen and oxygen atoms in total. The lowest BCUT2D eigenvalue weighted by molar-refractivity contribution is 0.667. The van der Waals surface area contributed by atoms with Crippen LogP contribution in [0.5, 0.6) is 0 Å².